The van der Waals surface area contributed by atoms with Crippen LogP contribution in [0.5, 0.6) is 34.5 Å². The average molecular weight is 671 g/mol. The Balaban J connectivity index is 1.52. The lowest BCUT2D eigenvalue weighted by Crippen LogP contribution is -2.62. The van der Waals surface area contributed by atoms with Crippen LogP contribution in [0, 0.1) is 0 Å². The summed E-state index contributed by atoms with van der Waals surface area (Å²) in [6.45, 7) is -1.42. The fourth-order valence-corrected chi connectivity index (χ4v) is 5.27. The molecule has 0 radical (unpaired) electrons. The number of aliphatic hydroxyl groups is 7. The van der Waals surface area contributed by atoms with Gasteiger partial charge in [0.2, 0.25) is 23.2 Å². The van der Waals surface area contributed by atoms with Crippen LogP contribution >= 0.6 is 0 Å². The molecule has 0 amide bonds. The summed E-state index contributed by atoms with van der Waals surface area (Å²) in [6, 6.07) is 4.79. The molecule has 2 aliphatic rings. The SMILES string of the molecule is COc1cc(-c2oc3cc(O)c(OC)c(O)c3c(=O)c2O[C@H]2OC(CO[C@@H]3OC(CO)[C@@H](O)[C@H](O)C3O)[C@@H](O)C(O)C2O)ccc1O. The zero-order valence-electron chi connectivity index (χ0n) is 24.7. The Bertz CT molecular complexity index is 1640. The third-order valence-electron chi connectivity index (χ3n) is 7.87. The molecule has 18 heteroatoms. The molecular weight excluding hydrogens is 636 g/mol. The van der Waals surface area contributed by atoms with E-state index in [9.17, 15) is 55.9 Å². The van der Waals surface area contributed by atoms with Crippen molar-refractivity contribution in [3.05, 3.63) is 34.5 Å². The summed E-state index contributed by atoms with van der Waals surface area (Å²) in [5.74, 6) is -3.24. The number of phenols is 3. The van der Waals surface area contributed by atoms with Gasteiger partial charge in [-0.2, -0.15) is 0 Å². The molecule has 10 N–H and O–H groups in total. The van der Waals surface area contributed by atoms with E-state index in [4.69, 9.17) is 32.8 Å². The molecular formula is C29H34O18. The van der Waals surface area contributed by atoms with E-state index >= 15 is 0 Å². The zero-order chi connectivity index (χ0) is 34.3. The van der Waals surface area contributed by atoms with Crippen LogP contribution in [0.2, 0.25) is 0 Å². The van der Waals surface area contributed by atoms with Crippen LogP contribution in [-0.4, -0.2) is 140 Å². The maximum Gasteiger partial charge on any atom is 0.239 e. The van der Waals surface area contributed by atoms with Gasteiger partial charge in [0.05, 0.1) is 27.4 Å². The summed E-state index contributed by atoms with van der Waals surface area (Å²) < 4.78 is 38.1. The second-order valence-electron chi connectivity index (χ2n) is 10.8. The molecule has 0 aliphatic carbocycles. The Morgan fingerprint density at radius 1 is 0.745 bits per heavy atom. The van der Waals surface area contributed by atoms with E-state index in [1.54, 1.807) is 0 Å². The molecule has 2 aromatic carbocycles. The van der Waals surface area contributed by atoms with Gasteiger partial charge < -0.3 is 83.9 Å². The van der Waals surface area contributed by atoms with E-state index in [1.807, 2.05) is 0 Å². The van der Waals surface area contributed by atoms with Crippen molar-refractivity contribution in [3.63, 3.8) is 0 Å². The summed E-state index contributed by atoms with van der Waals surface area (Å²) in [5, 5.41) is 102. The lowest BCUT2D eigenvalue weighted by Gasteiger charge is -2.42. The van der Waals surface area contributed by atoms with Crippen LogP contribution in [0.25, 0.3) is 22.3 Å². The molecule has 5 rings (SSSR count). The van der Waals surface area contributed by atoms with Gasteiger partial charge in [-0.3, -0.25) is 4.79 Å². The van der Waals surface area contributed by atoms with Crippen molar-refractivity contribution in [1.82, 2.24) is 0 Å². The van der Waals surface area contributed by atoms with Crippen molar-refractivity contribution in [3.8, 4) is 45.8 Å². The van der Waals surface area contributed by atoms with Crippen LogP contribution < -0.4 is 19.6 Å². The number of phenolic OH excluding ortho intramolecular Hbond substituents is 3. The molecule has 3 heterocycles. The predicted molar refractivity (Wildman–Crippen MR) is 153 cm³/mol. The molecule has 2 aliphatic heterocycles. The van der Waals surface area contributed by atoms with E-state index in [0.29, 0.717) is 0 Å². The number of hydrogen-bond donors (Lipinski definition) is 10. The Morgan fingerprint density at radius 3 is 2.02 bits per heavy atom. The number of aliphatic hydroxyl groups excluding tert-OH is 7. The summed E-state index contributed by atoms with van der Waals surface area (Å²) in [7, 11) is 2.39. The predicted octanol–water partition coefficient (Wildman–Crippen LogP) is -2.40. The molecule has 1 aromatic heterocycles. The fourth-order valence-electron chi connectivity index (χ4n) is 5.27. The van der Waals surface area contributed by atoms with Gasteiger partial charge in [-0.1, -0.05) is 0 Å². The Kier molecular flexibility index (Phi) is 9.99. The van der Waals surface area contributed by atoms with Crippen LogP contribution in [0.4, 0.5) is 0 Å². The van der Waals surface area contributed by atoms with Gasteiger partial charge in [0.1, 0.15) is 59.8 Å². The number of fused-ring (bicyclic) bond motifs is 1. The van der Waals surface area contributed by atoms with Crippen LogP contribution in [-0.2, 0) is 14.2 Å². The number of benzene rings is 2. The lowest BCUT2D eigenvalue weighted by molar-refractivity contribution is -0.323. The molecule has 10 atom stereocenters. The van der Waals surface area contributed by atoms with Gasteiger partial charge >= 0.3 is 0 Å². The smallest absolute Gasteiger partial charge is 0.239 e. The first-order chi connectivity index (χ1) is 22.3. The van der Waals surface area contributed by atoms with Crippen molar-refractivity contribution >= 4 is 11.0 Å². The lowest BCUT2D eigenvalue weighted by atomic mass is 9.98. The Labute approximate surface area is 264 Å². The molecule has 0 spiro atoms. The minimum atomic E-state index is -2.01. The normalized spacial score (nSPS) is 31.1. The average Bonchev–Trinajstić information content (AvgIpc) is 3.05. The van der Waals surface area contributed by atoms with Crippen molar-refractivity contribution in [2.24, 2.45) is 0 Å². The van der Waals surface area contributed by atoms with Crippen molar-refractivity contribution in [2.45, 2.75) is 61.4 Å². The zero-order valence-corrected chi connectivity index (χ0v) is 24.7. The van der Waals surface area contributed by atoms with Crippen molar-refractivity contribution < 1.29 is 83.9 Å². The second-order valence-corrected chi connectivity index (χ2v) is 10.8. The summed E-state index contributed by atoms with van der Waals surface area (Å²) in [6.07, 6.45) is -17.5. The summed E-state index contributed by atoms with van der Waals surface area (Å²) >= 11 is 0. The highest BCUT2D eigenvalue weighted by Gasteiger charge is 2.48. The highest BCUT2D eigenvalue weighted by atomic mass is 16.7. The minimum Gasteiger partial charge on any atom is -0.504 e. The highest BCUT2D eigenvalue weighted by Crippen LogP contribution is 2.44. The molecule has 3 aromatic rings. The first kappa shape index (κ1) is 34.4. The Morgan fingerprint density at radius 2 is 1.38 bits per heavy atom. The molecule has 2 saturated heterocycles. The molecule has 47 heavy (non-hydrogen) atoms. The standard InChI is InChI=1S/C29H34O18/c1-41-12-5-9(3-4-10(12)31)25-27(20(36)16-13(44-25)6-11(32)26(42-2)19(16)35)47-29-24(40)22(38)18(34)15(46-29)8-43-28-23(39)21(37)17(33)14(7-30)45-28/h3-6,14-15,17-18,21-24,28-35,37-40H,7-8H2,1-2H3/t14?,15?,17-,18-,21+,22?,23?,24?,28-,29-/m1/s1. The van der Waals surface area contributed by atoms with E-state index in [-0.39, 0.29) is 28.4 Å². The summed E-state index contributed by atoms with van der Waals surface area (Å²) in [5.41, 5.74) is -1.32. The largest absolute Gasteiger partial charge is 0.504 e. The molecule has 18 nitrogen and oxygen atoms in total. The maximum atomic E-state index is 13.9. The van der Waals surface area contributed by atoms with Crippen LogP contribution in [0.15, 0.2) is 33.5 Å². The first-order valence-electron chi connectivity index (χ1n) is 14.1. The number of hydrogen-bond acceptors (Lipinski definition) is 18. The van der Waals surface area contributed by atoms with Gasteiger partial charge in [0, 0.05) is 11.6 Å². The molecule has 258 valence electrons. The third kappa shape index (κ3) is 6.23. The van der Waals surface area contributed by atoms with Gasteiger partial charge in [-0.15, -0.1) is 0 Å². The summed E-state index contributed by atoms with van der Waals surface area (Å²) in [4.78, 5) is 13.9. The quantitative estimate of drug-likeness (QED) is 0.113. The van der Waals surface area contributed by atoms with Gasteiger partial charge in [0.25, 0.3) is 0 Å². The maximum absolute atomic E-state index is 13.9. The number of rotatable bonds is 9. The third-order valence-corrected chi connectivity index (χ3v) is 7.87. The molecule has 5 unspecified atom stereocenters. The van der Waals surface area contributed by atoms with E-state index in [0.717, 1.165) is 13.2 Å². The van der Waals surface area contributed by atoms with Crippen LogP contribution in [0.3, 0.4) is 0 Å². The van der Waals surface area contributed by atoms with Crippen molar-refractivity contribution in [1.29, 1.82) is 0 Å². The van der Waals surface area contributed by atoms with Gasteiger partial charge in [0.15, 0.2) is 35.0 Å². The number of ether oxygens (including phenoxy) is 6. The van der Waals surface area contributed by atoms with E-state index in [1.165, 1.54) is 25.3 Å². The monoisotopic (exact) mass is 670 g/mol. The number of aromatic hydroxyl groups is 3. The Hall–Kier alpha value is -3.95. The minimum absolute atomic E-state index is 0.0467. The first-order valence-corrected chi connectivity index (χ1v) is 14.1. The second kappa shape index (κ2) is 13.6. The van der Waals surface area contributed by atoms with Crippen LogP contribution in [0.1, 0.15) is 0 Å². The van der Waals surface area contributed by atoms with Gasteiger partial charge in [-0.25, -0.2) is 0 Å². The van der Waals surface area contributed by atoms with Crippen molar-refractivity contribution in [2.75, 3.05) is 27.4 Å². The molecule has 2 fully saturated rings. The van der Waals surface area contributed by atoms with E-state index < -0.39 is 108 Å². The van der Waals surface area contributed by atoms with Gasteiger partial charge in [-0.05, 0) is 18.2 Å². The fraction of sp³-hybridized carbons (Fsp3) is 0.483. The molecule has 0 saturated carbocycles. The highest BCUT2D eigenvalue weighted by molar-refractivity contribution is 5.91. The van der Waals surface area contributed by atoms with E-state index in [2.05, 4.69) is 0 Å². The number of methoxy groups -OCH3 is 2. The topological polar surface area (TPSA) is 288 Å². The molecule has 0 bridgehead atoms.